The number of aromatic carboxylic acids is 1. The van der Waals surface area contributed by atoms with Crippen LogP contribution in [0.2, 0.25) is 0 Å². The predicted molar refractivity (Wildman–Crippen MR) is 130 cm³/mol. The molecule has 0 spiro atoms. The lowest BCUT2D eigenvalue weighted by atomic mass is 10.0. The smallest absolute Gasteiger partial charge is 0.335 e. The number of fused-ring (bicyclic) bond motifs is 1. The highest BCUT2D eigenvalue weighted by Gasteiger charge is 2.26. The summed E-state index contributed by atoms with van der Waals surface area (Å²) in [7, 11) is 0. The van der Waals surface area contributed by atoms with Gasteiger partial charge in [-0.2, -0.15) is 0 Å². The molecule has 1 aliphatic rings. The van der Waals surface area contributed by atoms with Crippen molar-refractivity contribution >= 4 is 40.2 Å². The molecule has 0 unspecified atom stereocenters. The molecule has 0 radical (unpaired) electrons. The monoisotopic (exact) mass is 526 g/mol. The zero-order valence-corrected chi connectivity index (χ0v) is 19.3. The summed E-state index contributed by atoms with van der Waals surface area (Å²) in [5.41, 5.74) is 5.18. The van der Waals surface area contributed by atoms with Gasteiger partial charge in [-0.1, -0.05) is 36.4 Å². The molecular formula is C25H23IN2O3. The van der Waals surface area contributed by atoms with Crippen LogP contribution in [0.3, 0.4) is 0 Å². The first-order chi connectivity index (χ1) is 14.9. The number of nitrogens with one attached hydrogen (secondary N) is 1. The Labute approximate surface area is 195 Å². The van der Waals surface area contributed by atoms with Gasteiger partial charge in [-0.25, -0.2) is 4.79 Å². The topological polar surface area (TPSA) is 69.6 Å². The van der Waals surface area contributed by atoms with E-state index < -0.39 is 5.97 Å². The van der Waals surface area contributed by atoms with Crippen molar-refractivity contribution in [3.8, 4) is 0 Å². The van der Waals surface area contributed by atoms with Gasteiger partial charge in [0.15, 0.2) is 0 Å². The number of hydrogen-bond donors (Lipinski definition) is 2. The van der Waals surface area contributed by atoms with E-state index >= 15 is 0 Å². The maximum atomic E-state index is 13.2. The van der Waals surface area contributed by atoms with Gasteiger partial charge in [-0.3, -0.25) is 4.79 Å². The Balaban J connectivity index is 1.53. The van der Waals surface area contributed by atoms with E-state index in [1.54, 1.807) is 24.3 Å². The zero-order valence-electron chi connectivity index (χ0n) is 17.1. The van der Waals surface area contributed by atoms with Crippen LogP contribution in [-0.4, -0.2) is 23.5 Å². The van der Waals surface area contributed by atoms with Gasteiger partial charge in [0.2, 0.25) is 0 Å². The SMILES string of the molecule is C[C@H](NC(=O)c1cccc2c1N(Cc1ccc(I)cc1)CC2)c1ccc(C(=O)O)cc1. The average molecular weight is 526 g/mol. The van der Waals surface area contributed by atoms with Gasteiger partial charge in [0.25, 0.3) is 5.91 Å². The van der Waals surface area contributed by atoms with Crippen LogP contribution in [-0.2, 0) is 13.0 Å². The van der Waals surface area contributed by atoms with E-state index in [4.69, 9.17) is 5.11 Å². The third-order valence-corrected chi connectivity index (χ3v) is 6.34. The van der Waals surface area contributed by atoms with Gasteiger partial charge >= 0.3 is 5.97 Å². The van der Waals surface area contributed by atoms with Crippen molar-refractivity contribution < 1.29 is 14.7 Å². The highest BCUT2D eigenvalue weighted by atomic mass is 127. The first-order valence-electron chi connectivity index (χ1n) is 10.2. The molecule has 0 fully saturated rings. The predicted octanol–water partition coefficient (Wildman–Crippen LogP) is 5.04. The molecule has 1 amide bonds. The zero-order chi connectivity index (χ0) is 22.0. The largest absolute Gasteiger partial charge is 0.478 e. The van der Waals surface area contributed by atoms with E-state index in [0.717, 1.165) is 30.8 Å². The van der Waals surface area contributed by atoms with E-state index in [2.05, 4.69) is 63.1 Å². The number of hydrogen-bond acceptors (Lipinski definition) is 3. The number of carboxylic acid groups (broad SMARTS) is 1. The van der Waals surface area contributed by atoms with Gasteiger partial charge in [-0.05, 0) is 83.0 Å². The van der Waals surface area contributed by atoms with Crippen LogP contribution in [0.15, 0.2) is 66.7 Å². The second-order valence-corrected chi connectivity index (χ2v) is 8.98. The lowest BCUT2D eigenvalue weighted by Crippen LogP contribution is -2.29. The van der Waals surface area contributed by atoms with Crippen LogP contribution in [0, 0.1) is 3.57 Å². The molecule has 6 heteroatoms. The molecule has 1 aliphatic heterocycles. The number of halogens is 1. The number of carboxylic acids is 1. The summed E-state index contributed by atoms with van der Waals surface area (Å²) in [6, 6.07) is 20.7. The summed E-state index contributed by atoms with van der Waals surface area (Å²) < 4.78 is 1.20. The van der Waals surface area contributed by atoms with Crippen molar-refractivity contribution in [3.63, 3.8) is 0 Å². The Hall–Kier alpha value is -2.87. The quantitative estimate of drug-likeness (QED) is 0.442. The van der Waals surface area contributed by atoms with Gasteiger partial charge in [0, 0.05) is 16.7 Å². The first kappa shape index (κ1) is 21.4. The Morgan fingerprint density at radius 2 is 1.77 bits per heavy atom. The van der Waals surface area contributed by atoms with Gasteiger partial charge in [-0.15, -0.1) is 0 Å². The molecule has 4 rings (SSSR count). The van der Waals surface area contributed by atoms with Crippen LogP contribution in [0.1, 0.15) is 50.4 Å². The summed E-state index contributed by atoms with van der Waals surface area (Å²) in [4.78, 5) is 26.5. The Morgan fingerprint density at radius 3 is 2.45 bits per heavy atom. The molecule has 0 bridgehead atoms. The summed E-state index contributed by atoms with van der Waals surface area (Å²) in [6.45, 7) is 3.55. The van der Waals surface area contributed by atoms with E-state index in [1.807, 2.05) is 19.1 Å². The number of para-hydroxylation sites is 1. The first-order valence-corrected chi connectivity index (χ1v) is 11.3. The molecule has 3 aromatic carbocycles. The van der Waals surface area contributed by atoms with E-state index in [0.29, 0.717) is 5.56 Å². The van der Waals surface area contributed by atoms with E-state index in [9.17, 15) is 9.59 Å². The Kier molecular flexibility index (Phi) is 6.27. The minimum absolute atomic E-state index is 0.124. The molecule has 0 aromatic heterocycles. The fraction of sp³-hybridized carbons (Fsp3) is 0.200. The van der Waals surface area contributed by atoms with Crippen LogP contribution in [0.4, 0.5) is 5.69 Å². The molecule has 1 heterocycles. The lowest BCUT2D eigenvalue weighted by molar-refractivity contribution is 0.0696. The van der Waals surface area contributed by atoms with Gasteiger partial charge in [0.1, 0.15) is 0 Å². The third-order valence-electron chi connectivity index (χ3n) is 5.62. The highest BCUT2D eigenvalue weighted by Crippen LogP contribution is 2.33. The Bertz CT molecular complexity index is 1110. The molecule has 3 aromatic rings. The molecular weight excluding hydrogens is 503 g/mol. The molecule has 0 saturated carbocycles. The molecule has 0 aliphatic carbocycles. The fourth-order valence-electron chi connectivity index (χ4n) is 3.96. The highest BCUT2D eigenvalue weighted by molar-refractivity contribution is 14.1. The van der Waals surface area contributed by atoms with E-state index in [1.165, 1.54) is 14.7 Å². The van der Waals surface area contributed by atoms with Crippen LogP contribution >= 0.6 is 22.6 Å². The van der Waals surface area contributed by atoms with Crippen molar-refractivity contribution in [3.05, 3.63) is 98.1 Å². The molecule has 0 saturated heterocycles. The van der Waals surface area contributed by atoms with Crippen molar-refractivity contribution in [1.82, 2.24) is 5.32 Å². The van der Waals surface area contributed by atoms with Crippen molar-refractivity contribution in [2.24, 2.45) is 0 Å². The number of anilines is 1. The second-order valence-electron chi connectivity index (χ2n) is 7.73. The number of benzene rings is 3. The standard InChI is InChI=1S/C25H23IN2O3/c1-16(18-7-9-20(10-8-18)25(30)31)27-24(29)22-4-2-3-19-13-14-28(23(19)22)15-17-5-11-21(26)12-6-17/h2-12,16H,13-15H2,1H3,(H,27,29)(H,30,31)/t16-/m0/s1. The van der Waals surface area contributed by atoms with Crippen molar-refractivity contribution in [2.45, 2.75) is 25.9 Å². The number of nitrogens with zero attached hydrogens (tertiary/aromatic N) is 1. The van der Waals surface area contributed by atoms with Crippen LogP contribution < -0.4 is 10.2 Å². The summed E-state index contributed by atoms with van der Waals surface area (Å²) in [5, 5.41) is 12.1. The summed E-state index contributed by atoms with van der Waals surface area (Å²) in [6.07, 6.45) is 0.924. The van der Waals surface area contributed by atoms with E-state index in [-0.39, 0.29) is 17.5 Å². The molecule has 2 N–H and O–H groups in total. The summed E-state index contributed by atoms with van der Waals surface area (Å²) in [5.74, 6) is -1.09. The number of carbonyl (C=O) groups is 2. The van der Waals surface area contributed by atoms with Gasteiger partial charge < -0.3 is 15.3 Å². The van der Waals surface area contributed by atoms with Crippen LogP contribution in [0.5, 0.6) is 0 Å². The minimum Gasteiger partial charge on any atom is -0.478 e. The molecule has 5 nitrogen and oxygen atoms in total. The average Bonchev–Trinajstić information content (AvgIpc) is 3.18. The molecule has 31 heavy (non-hydrogen) atoms. The minimum atomic E-state index is -0.962. The van der Waals surface area contributed by atoms with Gasteiger partial charge in [0.05, 0.1) is 22.9 Å². The lowest BCUT2D eigenvalue weighted by Gasteiger charge is -2.23. The van der Waals surface area contributed by atoms with Crippen molar-refractivity contribution in [1.29, 1.82) is 0 Å². The number of rotatable bonds is 6. The maximum Gasteiger partial charge on any atom is 0.335 e. The third kappa shape index (κ3) is 4.74. The normalized spacial score (nSPS) is 13.5. The second kappa shape index (κ2) is 9.09. The fourth-order valence-corrected chi connectivity index (χ4v) is 4.32. The van der Waals surface area contributed by atoms with Crippen LogP contribution in [0.25, 0.3) is 0 Å². The molecule has 158 valence electrons. The summed E-state index contributed by atoms with van der Waals surface area (Å²) >= 11 is 2.30. The number of amides is 1. The maximum absolute atomic E-state index is 13.2. The number of carbonyl (C=O) groups excluding carboxylic acids is 1. The van der Waals surface area contributed by atoms with Crippen molar-refractivity contribution in [2.75, 3.05) is 11.4 Å². The molecule has 1 atom stereocenters. The Morgan fingerprint density at radius 1 is 1.06 bits per heavy atom.